The Kier molecular flexibility index (Phi) is 1.99. The average molecular weight is 248 g/mol. The Bertz CT molecular complexity index is 440. The summed E-state index contributed by atoms with van der Waals surface area (Å²) in [5, 5.41) is 3.83. The number of halogens is 3. The van der Waals surface area contributed by atoms with Crippen LogP contribution in [0.2, 0.25) is 0 Å². The lowest BCUT2D eigenvalue weighted by molar-refractivity contribution is 0.143. The molecule has 2 aromatic rings. The molecule has 0 atom stereocenters. The van der Waals surface area contributed by atoms with Crippen molar-refractivity contribution in [1.82, 2.24) is 14.6 Å². The Morgan fingerprint density at radius 1 is 1.46 bits per heavy atom. The highest BCUT2D eigenvalue weighted by atomic mass is 79.9. The molecule has 0 aromatic carbocycles. The SMILES string of the molecule is FC(F)c1ccnc2cc(Br)nn12. The van der Waals surface area contributed by atoms with Crippen molar-refractivity contribution in [2.24, 2.45) is 0 Å². The Morgan fingerprint density at radius 3 is 2.92 bits per heavy atom. The van der Waals surface area contributed by atoms with Crippen molar-refractivity contribution < 1.29 is 8.78 Å². The standard InChI is InChI=1S/C7H4BrF2N3/c8-5-3-6-11-2-1-4(7(9)10)13(6)12-5/h1-3,7H. The molecule has 68 valence electrons. The van der Waals surface area contributed by atoms with Gasteiger partial charge in [0.2, 0.25) is 0 Å². The molecular weight excluding hydrogens is 244 g/mol. The van der Waals surface area contributed by atoms with E-state index in [4.69, 9.17) is 0 Å². The third-order valence-corrected chi connectivity index (χ3v) is 1.97. The van der Waals surface area contributed by atoms with E-state index in [-0.39, 0.29) is 5.69 Å². The van der Waals surface area contributed by atoms with Gasteiger partial charge in [-0.1, -0.05) is 0 Å². The van der Waals surface area contributed by atoms with Gasteiger partial charge in [-0.25, -0.2) is 18.3 Å². The van der Waals surface area contributed by atoms with E-state index < -0.39 is 6.43 Å². The van der Waals surface area contributed by atoms with Crippen LogP contribution in [0.5, 0.6) is 0 Å². The molecule has 0 N–H and O–H groups in total. The smallest absolute Gasteiger partial charge is 0.237 e. The third-order valence-electron chi connectivity index (χ3n) is 1.58. The van der Waals surface area contributed by atoms with E-state index in [0.29, 0.717) is 10.3 Å². The summed E-state index contributed by atoms with van der Waals surface area (Å²) in [5.41, 5.74) is 0.250. The minimum Gasteiger partial charge on any atom is -0.237 e. The molecule has 0 spiro atoms. The van der Waals surface area contributed by atoms with E-state index >= 15 is 0 Å². The van der Waals surface area contributed by atoms with Gasteiger partial charge < -0.3 is 0 Å². The van der Waals surface area contributed by atoms with Gasteiger partial charge in [0.05, 0.1) is 0 Å². The normalized spacial score (nSPS) is 11.4. The van der Waals surface area contributed by atoms with Crippen molar-refractivity contribution in [3.05, 3.63) is 28.6 Å². The maximum Gasteiger partial charge on any atom is 0.280 e. The van der Waals surface area contributed by atoms with Gasteiger partial charge in [0, 0.05) is 12.3 Å². The van der Waals surface area contributed by atoms with Crippen molar-refractivity contribution in [2.75, 3.05) is 0 Å². The molecule has 2 heterocycles. The van der Waals surface area contributed by atoms with E-state index in [2.05, 4.69) is 26.0 Å². The van der Waals surface area contributed by atoms with Crippen molar-refractivity contribution in [3.8, 4) is 0 Å². The lowest BCUT2D eigenvalue weighted by Gasteiger charge is -2.00. The first kappa shape index (κ1) is 8.55. The third kappa shape index (κ3) is 1.41. The summed E-state index contributed by atoms with van der Waals surface area (Å²) in [6.45, 7) is 0. The van der Waals surface area contributed by atoms with Gasteiger partial charge in [0.1, 0.15) is 10.3 Å². The van der Waals surface area contributed by atoms with Crippen LogP contribution in [0.1, 0.15) is 12.1 Å². The molecule has 0 unspecified atom stereocenters. The van der Waals surface area contributed by atoms with Gasteiger partial charge >= 0.3 is 0 Å². The predicted octanol–water partition coefficient (Wildman–Crippen LogP) is 2.43. The van der Waals surface area contributed by atoms with Crippen LogP contribution in [0.3, 0.4) is 0 Å². The lowest BCUT2D eigenvalue weighted by atomic mass is 10.4. The number of aromatic nitrogens is 3. The minimum absolute atomic E-state index is 0.157. The molecule has 0 bridgehead atoms. The van der Waals surface area contributed by atoms with Crippen LogP contribution in [0.25, 0.3) is 5.65 Å². The second kappa shape index (κ2) is 3.02. The fourth-order valence-corrected chi connectivity index (χ4v) is 1.41. The summed E-state index contributed by atoms with van der Waals surface area (Å²) < 4.78 is 26.4. The number of nitrogens with zero attached hydrogens (tertiary/aromatic N) is 3. The van der Waals surface area contributed by atoms with E-state index in [0.717, 1.165) is 4.52 Å². The van der Waals surface area contributed by atoms with Gasteiger partial charge in [-0.05, 0) is 22.0 Å². The number of rotatable bonds is 1. The topological polar surface area (TPSA) is 30.2 Å². The Labute approximate surface area is 80.5 Å². The highest BCUT2D eigenvalue weighted by Gasteiger charge is 2.13. The van der Waals surface area contributed by atoms with Crippen LogP contribution in [-0.4, -0.2) is 14.6 Å². The molecular formula is C7H4BrF2N3. The number of hydrogen-bond donors (Lipinski definition) is 0. The van der Waals surface area contributed by atoms with Crippen LogP contribution in [0.4, 0.5) is 8.78 Å². The predicted molar refractivity (Wildman–Crippen MR) is 45.6 cm³/mol. The van der Waals surface area contributed by atoms with Crippen LogP contribution >= 0.6 is 15.9 Å². The van der Waals surface area contributed by atoms with Gasteiger partial charge in [0.15, 0.2) is 5.65 Å². The lowest BCUT2D eigenvalue weighted by Crippen LogP contribution is -1.99. The Morgan fingerprint density at radius 2 is 2.23 bits per heavy atom. The van der Waals surface area contributed by atoms with Crippen LogP contribution in [0.15, 0.2) is 22.9 Å². The summed E-state index contributed by atoms with van der Waals surface area (Å²) in [6.07, 6.45) is -1.21. The minimum atomic E-state index is -2.54. The zero-order chi connectivity index (χ0) is 9.42. The van der Waals surface area contributed by atoms with E-state index in [1.807, 2.05) is 0 Å². The van der Waals surface area contributed by atoms with Crippen molar-refractivity contribution in [3.63, 3.8) is 0 Å². The monoisotopic (exact) mass is 247 g/mol. The zero-order valence-electron chi connectivity index (χ0n) is 6.28. The summed E-state index contributed by atoms with van der Waals surface area (Å²) in [5.74, 6) is 0. The number of hydrogen-bond acceptors (Lipinski definition) is 2. The summed E-state index contributed by atoms with van der Waals surface area (Å²) in [4.78, 5) is 3.88. The molecule has 3 nitrogen and oxygen atoms in total. The molecule has 0 fully saturated rings. The van der Waals surface area contributed by atoms with Gasteiger partial charge in [-0.2, -0.15) is 5.10 Å². The number of fused-ring (bicyclic) bond motifs is 1. The Hall–Kier alpha value is -1.04. The second-order valence-corrected chi connectivity index (χ2v) is 3.22. The van der Waals surface area contributed by atoms with Crippen LogP contribution in [0, 0.1) is 0 Å². The first-order valence-electron chi connectivity index (χ1n) is 3.47. The molecule has 2 aromatic heterocycles. The van der Waals surface area contributed by atoms with Gasteiger partial charge in [0.25, 0.3) is 6.43 Å². The molecule has 13 heavy (non-hydrogen) atoms. The van der Waals surface area contributed by atoms with Gasteiger partial charge in [-0.3, -0.25) is 0 Å². The summed E-state index contributed by atoms with van der Waals surface area (Å²) in [6, 6.07) is 2.82. The fourth-order valence-electron chi connectivity index (χ4n) is 1.05. The quantitative estimate of drug-likeness (QED) is 0.775. The number of alkyl halides is 2. The van der Waals surface area contributed by atoms with E-state index in [9.17, 15) is 8.78 Å². The second-order valence-electron chi connectivity index (χ2n) is 2.41. The maximum atomic E-state index is 12.4. The Balaban J connectivity index is 2.75. The summed E-state index contributed by atoms with van der Waals surface area (Å²) in [7, 11) is 0. The molecule has 0 amide bonds. The molecule has 0 aliphatic carbocycles. The van der Waals surface area contributed by atoms with E-state index in [1.54, 1.807) is 6.07 Å². The molecule has 0 aliphatic heterocycles. The van der Waals surface area contributed by atoms with E-state index in [1.165, 1.54) is 12.3 Å². The first-order valence-corrected chi connectivity index (χ1v) is 4.26. The van der Waals surface area contributed by atoms with Crippen LogP contribution in [-0.2, 0) is 0 Å². The molecule has 2 rings (SSSR count). The van der Waals surface area contributed by atoms with Crippen molar-refractivity contribution in [1.29, 1.82) is 0 Å². The molecule has 0 aliphatic rings. The molecule has 0 saturated carbocycles. The van der Waals surface area contributed by atoms with Crippen molar-refractivity contribution >= 4 is 21.6 Å². The molecule has 6 heteroatoms. The summed E-state index contributed by atoms with van der Waals surface area (Å²) >= 11 is 3.09. The molecule has 0 saturated heterocycles. The maximum absolute atomic E-state index is 12.4. The highest BCUT2D eigenvalue weighted by molar-refractivity contribution is 9.10. The average Bonchev–Trinajstić information content (AvgIpc) is 2.43. The largest absolute Gasteiger partial charge is 0.280 e. The zero-order valence-corrected chi connectivity index (χ0v) is 7.87. The molecule has 0 radical (unpaired) electrons. The fraction of sp³-hybridized carbons (Fsp3) is 0.143. The van der Waals surface area contributed by atoms with Gasteiger partial charge in [-0.15, -0.1) is 0 Å². The van der Waals surface area contributed by atoms with Crippen LogP contribution < -0.4 is 0 Å². The highest BCUT2D eigenvalue weighted by Crippen LogP contribution is 2.20. The first-order chi connectivity index (χ1) is 6.18. The van der Waals surface area contributed by atoms with Crippen molar-refractivity contribution in [2.45, 2.75) is 6.43 Å².